The molecule has 0 fully saturated rings. The largest absolute Gasteiger partial charge is 0.337 e. The molecule has 0 aliphatic carbocycles. The van der Waals surface area contributed by atoms with Gasteiger partial charge in [0.25, 0.3) is 5.56 Å². The molecule has 2 heterocycles. The number of aromatic nitrogens is 3. The second kappa shape index (κ2) is 7.09. The number of hydrogen-bond acceptors (Lipinski definition) is 3. The molecule has 0 saturated heterocycles. The summed E-state index contributed by atoms with van der Waals surface area (Å²) in [6.07, 6.45) is 0. The van der Waals surface area contributed by atoms with Crippen LogP contribution in [0.15, 0.2) is 70.3 Å². The van der Waals surface area contributed by atoms with Crippen LogP contribution in [0.4, 0.5) is 0 Å². The van der Waals surface area contributed by atoms with E-state index in [1.165, 1.54) is 9.13 Å². The molecule has 2 aromatic heterocycles. The zero-order valence-corrected chi connectivity index (χ0v) is 16.3. The van der Waals surface area contributed by atoms with Crippen molar-refractivity contribution in [2.45, 2.75) is 20.4 Å². The SMILES string of the molecule is Cc1cc(C)c2c(=O)n(Cc3cccc(Cl)c3)c(=O)n(-c3ccccc3)c2n1. The first-order valence-corrected chi connectivity index (χ1v) is 9.27. The number of nitrogens with zero attached hydrogens (tertiary/aromatic N) is 3. The van der Waals surface area contributed by atoms with Gasteiger partial charge in [-0.3, -0.25) is 9.36 Å². The monoisotopic (exact) mass is 391 g/mol. The maximum Gasteiger partial charge on any atom is 0.337 e. The van der Waals surface area contributed by atoms with Crippen molar-refractivity contribution in [3.8, 4) is 5.69 Å². The highest BCUT2D eigenvalue weighted by molar-refractivity contribution is 6.30. The molecule has 0 amide bonds. The first-order valence-electron chi connectivity index (χ1n) is 8.89. The van der Waals surface area contributed by atoms with Gasteiger partial charge in [-0.15, -0.1) is 0 Å². The quantitative estimate of drug-likeness (QED) is 0.532. The van der Waals surface area contributed by atoms with Crippen molar-refractivity contribution in [3.63, 3.8) is 0 Å². The van der Waals surface area contributed by atoms with Crippen LogP contribution in [0.25, 0.3) is 16.7 Å². The second-order valence-electron chi connectivity index (χ2n) is 6.75. The standard InChI is InChI=1S/C22H18ClN3O2/c1-14-11-15(2)24-20-19(14)21(27)25(13-16-7-6-8-17(23)12-16)22(28)26(20)18-9-4-3-5-10-18/h3-12H,13H2,1-2H3. The first kappa shape index (κ1) is 18.2. The molecule has 0 atom stereocenters. The average Bonchev–Trinajstić information content (AvgIpc) is 2.65. The van der Waals surface area contributed by atoms with Crippen molar-refractivity contribution in [1.29, 1.82) is 0 Å². The zero-order chi connectivity index (χ0) is 19.8. The molecule has 4 rings (SSSR count). The lowest BCUT2D eigenvalue weighted by Gasteiger charge is -2.15. The lowest BCUT2D eigenvalue weighted by Crippen LogP contribution is -2.40. The Labute approximate surface area is 166 Å². The normalized spacial score (nSPS) is 11.1. The number of aryl methyl sites for hydroxylation is 2. The molecule has 5 nitrogen and oxygen atoms in total. The van der Waals surface area contributed by atoms with Crippen molar-refractivity contribution in [2.75, 3.05) is 0 Å². The number of para-hydroxylation sites is 1. The summed E-state index contributed by atoms with van der Waals surface area (Å²) in [6.45, 7) is 3.85. The molecule has 6 heteroatoms. The maximum atomic E-state index is 13.4. The van der Waals surface area contributed by atoms with Gasteiger partial charge < -0.3 is 0 Å². The van der Waals surface area contributed by atoms with Crippen LogP contribution in [0.2, 0.25) is 5.02 Å². The molecule has 0 bridgehead atoms. The highest BCUT2D eigenvalue weighted by Gasteiger charge is 2.18. The van der Waals surface area contributed by atoms with Gasteiger partial charge in [0, 0.05) is 10.7 Å². The molecule has 4 aromatic rings. The Bertz CT molecular complexity index is 1310. The number of benzene rings is 2. The lowest BCUT2D eigenvalue weighted by atomic mass is 10.1. The predicted molar refractivity (Wildman–Crippen MR) is 112 cm³/mol. The van der Waals surface area contributed by atoms with Crippen LogP contribution >= 0.6 is 11.6 Å². The maximum absolute atomic E-state index is 13.4. The average molecular weight is 392 g/mol. The Balaban J connectivity index is 2.09. The molecule has 0 spiro atoms. The van der Waals surface area contributed by atoms with Crippen LogP contribution in [-0.4, -0.2) is 14.1 Å². The third-order valence-electron chi connectivity index (χ3n) is 4.66. The minimum Gasteiger partial charge on any atom is -0.268 e. The van der Waals surface area contributed by atoms with Gasteiger partial charge in [0.05, 0.1) is 17.6 Å². The summed E-state index contributed by atoms with van der Waals surface area (Å²) in [6, 6.07) is 18.2. The Hall–Kier alpha value is -3.18. The summed E-state index contributed by atoms with van der Waals surface area (Å²) < 4.78 is 2.74. The fraction of sp³-hybridized carbons (Fsp3) is 0.136. The molecule has 2 aromatic carbocycles. The van der Waals surface area contributed by atoms with Crippen molar-refractivity contribution < 1.29 is 0 Å². The molecule has 0 N–H and O–H groups in total. The van der Waals surface area contributed by atoms with E-state index in [0.29, 0.717) is 21.7 Å². The van der Waals surface area contributed by atoms with Gasteiger partial charge in [-0.25, -0.2) is 14.3 Å². The third-order valence-corrected chi connectivity index (χ3v) is 4.90. The van der Waals surface area contributed by atoms with Crippen LogP contribution in [0.5, 0.6) is 0 Å². The van der Waals surface area contributed by atoms with Gasteiger partial charge in [-0.05, 0) is 55.3 Å². The number of halogens is 1. The van der Waals surface area contributed by atoms with E-state index in [1.807, 2.05) is 56.3 Å². The summed E-state index contributed by atoms with van der Waals surface area (Å²) in [5.41, 5.74) is 2.58. The number of rotatable bonds is 3. The summed E-state index contributed by atoms with van der Waals surface area (Å²) in [7, 11) is 0. The van der Waals surface area contributed by atoms with Crippen LogP contribution in [0, 0.1) is 13.8 Å². The first-order chi connectivity index (χ1) is 13.5. The van der Waals surface area contributed by atoms with E-state index in [-0.39, 0.29) is 12.1 Å². The van der Waals surface area contributed by atoms with E-state index < -0.39 is 5.69 Å². The van der Waals surface area contributed by atoms with Crippen LogP contribution in [0.1, 0.15) is 16.8 Å². The molecular weight excluding hydrogens is 374 g/mol. The molecule has 0 unspecified atom stereocenters. The highest BCUT2D eigenvalue weighted by Crippen LogP contribution is 2.17. The van der Waals surface area contributed by atoms with E-state index in [0.717, 1.165) is 16.8 Å². The summed E-state index contributed by atoms with van der Waals surface area (Å²) in [4.78, 5) is 31.1. The van der Waals surface area contributed by atoms with E-state index >= 15 is 0 Å². The number of pyridine rings is 1. The molecular formula is C22H18ClN3O2. The van der Waals surface area contributed by atoms with Crippen molar-refractivity contribution >= 4 is 22.6 Å². The van der Waals surface area contributed by atoms with Gasteiger partial charge in [-0.2, -0.15) is 0 Å². The fourth-order valence-electron chi connectivity index (χ4n) is 3.44. The predicted octanol–water partition coefficient (Wildman–Crippen LogP) is 3.87. The molecule has 28 heavy (non-hydrogen) atoms. The minimum absolute atomic E-state index is 0.133. The molecule has 0 aliphatic rings. The minimum atomic E-state index is -0.429. The Morgan fingerprint density at radius 1 is 0.964 bits per heavy atom. The van der Waals surface area contributed by atoms with Gasteiger partial charge in [0.1, 0.15) is 0 Å². The van der Waals surface area contributed by atoms with Gasteiger partial charge in [0.2, 0.25) is 0 Å². The molecule has 0 saturated carbocycles. The van der Waals surface area contributed by atoms with Crippen LogP contribution in [-0.2, 0) is 6.54 Å². The smallest absolute Gasteiger partial charge is 0.268 e. The van der Waals surface area contributed by atoms with E-state index in [9.17, 15) is 9.59 Å². The van der Waals surface area contributed by atoms with Gasteiger partial charge in [-0.1, -0.05) is 41.9 Å². The van der Waals surface area contributed by atoms with E-state index in [4.69, 9.17) is 11.6 Å². The van der Waals surface area contributed by atoms with Gasteiger partial charge in [0.15, 0.2) is 5.65 Å². The fourth-order valence-corrected chi connectivity index (χ4v) is 3.66. The molecule has 140 valence electrons. The topological polar surface area (TPSA) is 56.9 Å². The zero-order valence-electron chi connectivity index (χ0n) is 15.5. The van der Waals surface area contributed by atoms with E-state index in [1.54, 1.807) is 18.2 Å². The summed E-state index contributed by atoms with van der Waals surface area (Å²) in [5, 5.41) is 0.999. The third kappa shape index (κ3) is 3.14. The Kier molecular flexibility index (Phi) is 4.61. The van der Waals surface area contributed by atoms with Crippen molar-refractivity contribution in [1.82, 2.24) is 14.1 Å². The Morgan fingerprint density at radius 2 is 1.71 bits per heavy atom. The van der Waals surface area contributed by atoms with E-state index in [2.05, 4.69) is 4.98 Å². The highest BCUT2D eigenvalue weighted by atomic mass is 35.5. The van der Waals surface area contributed by atoms with Crippen molar-refractivity contribution in [2.24, 2.45) is 0 Å². The van der Waals surface area contributed by atoms with Gasteiger partial charge >= 0.3 is 5.69 Å². The number of hydrogen-bond donors (Lipinski definition) is 0. The van der Waals surface area contributed by atoms with Crippen molar-refractivity contribution in [3.05, 3.63) is 103 Å². The molecule has 0 aliphatic heterocycles. The Morgan fingerprint density at radius 3 is 2.43 bits per heavy atom. The molecule has 0 radical (unpaired) electrons. The number of fused-ring (bicyclic) bond motifs is 1. The van der Waals surface area contributed by atoms with Crippen LogP contribution in [0.3, 0.4) is 0 Å². The summed E-state index contributed by atoms with van der Waals surface area (Å²) in [5.74, 6) is 0. The van der Waals surface area contributed by atoms with Crippen LogP contribution < -0.4 is 11.2 Å². The summed E-state index contributed by atoms with van der Waals surface area (Å²) >= 11 is 6.07. The lowest BCUT2D eigenvalue weighted by molar-refractivity contribution is 0.682. The second-order valence-corrected chi connectivity index (χ2v) is 7.19.